The van der Waals surface area contributed by atoms with Crippen molar-refractivity contribution in [2.24, 2.45) is 0 Å². The highest BCUT2D eigenvalue weighted by Gasteiger charge is 2.14. The molecule has 3 nitrogen and oxygen atoms in total. The number of furan rings is 1. The van der Waals surface area contributed by atoms with Crippen molar-refractivity contribution in [1.29, 1.82) is 0 Å². The molecule has 0 bridgehead atoms. The molecule has 0 aliphatic heterocycles. The first-order valence-electron chi connectivity index (χ1n) is 18.6. The second kappa shape index (κ2) is 12.6. The van der Waals surface area contributed by atoms with Gasteiger partial charge in [0, 0.05) is 32.7 Å². The van der Waals surface area contributed by atoms with Crippen LogP contribution in [0.15, 0.2) is 199 Å². The Morgan fingerprint density at radius 2 is 0.800 bits per heavy atom. The third kappa shape index (κ3) is 5.28. The predicted molar refractivity (Wildman–Crippen MR) is 229 cm³/mol. The van der Waals surface area contributed by atoms with Gasteiger partial charge in [-0.2, -0.15) is 0 Å². The van der Waals surface area contributed by atoms with Crippen LogP contribution in [0.3, 0.4) is 0 Å². The average Bonchev–Trinajstić information content (AvgIpc) is 3.66. The van der Waals surface area contributed by atoms with Crippen molar-refractivity contribution in [1.82, 2.24) is 9.97 Å². The van der Waals surface area contributed by atoms with Crippen molar-refractivity contribution < 1.29 is 4.42 Å². The third-order valence-corrected chi connectivity index (χ3v) is 10.9. The van der Waals surface area contributed by atoms with Crippen LogP contribution in [0.5, 0.6) is 0 Å². The largest absolute Gasteiger partial charge is 0.455 e. The SMILES string of the molecule is c1cc(-c2ccc(-c3cccc(-c4cnc5c6ccccc6c6ccccc6c5n4)c3)cc2)cc(-c2cccc(-c3cccc4c3oc3ccccc34)c2)c1. The van der Waals surface area contributed by atoms with Gasteiger partial charge in [-0.05, 0) is 74.0 Å². The Labute approximate surface area is 317 Å². The lowest BCUT2D eigenvalue weighted by Gasteiger charge is -2.11. The lowest BCUT2D eigenvalue weighted by atomic mass is 9.94. The number of fused-ring (bicyclic) bond motifs is 9. The standard InChI is InChI=1S/C52H32N2O/c1-3-20-45-42(17-1)43-18-2-4-21-46(43)51-50(45)53-32-48(54-51)40-16-9-12-36(31-40)34-27-25-33(26-28-34)35-11-7-13-37(29-35)38-14-8-15-39(30-38)41-22-10-23-47-44-19-5-6-24-49(44)55-52(41)47/h1-32H. The summed E-state index contributed by atoms with van der Waals surface area (Å²) in [7, 11) is 0. The van der Waals surface area contributed by atoms with Crippen LogP contribution in [0.2, 0.25) is 0 Å². The van der Waals surface area contributed by atoms with Crippen LogP contribution in [0.1, 0.15) is 0 Å². The number of rotatable bonds is 5. The minimum atomic E-state index is 0.863. The Kier molecular flexibility index (Phi) is 7.17. The van der Waals surface area contributed by atoms with Crippen LogP contribution in [0, 0.1) is 0 Å². The maximum Gasteiger partial charge on any atom is 0.143 e. The monoisotopic (exact) mass is 700 g/mol. The summed E-state index contributed by atoms with van der Waals surface area (Å²) in [6, 6.07) is 66.6. The van der Waals surface area contributed by atoms with Gasteiger partial charge in [-0.3, -0.25) is 4.98 Å². The normalized spacial score (nSPS) is 11.6. The van der Waals surface area contributed by atoms with Gasteiger partial charge in [0.15, 0.2) is 0 Å². The fourth-order valence-electron chi connectivity index (χ4n) is 8.19. The summed E-state index contributed by atoms with van der Waals surface area (Å²) in [5.41, 5.74) is 14.8. The highest BCUT2D eigenvalue weighted by molar-refractivity contribution is 6.23. The van der Waals surface area contributed by atoms with Crippen LogP contribution in [0.4, 0.5) is 0 Å². The highest BCUT2D eigenvalue weighted by atomic mass is 16.3. The van der Waals surface area contributed by atoms with Crippen molar-refractivity contribution >= 4 is 54.5 Å². The molecule has 0 atom stereocenters. The zero-order chi connectivity index (χ0) is 36.3. The smallest absolute Gasteiger partial charge is 0.143 e. The van der Waals surface area contributed by atoms with Crippen LogP contribution in [0.25, 0.3) is 110 Å². The van der Waals surface area contributed by atoms with E-state index in [1.165, 1.54) is 33.0 Å². The van der Waals surface area contributed by atoms with Gasteiger partial charge in [0.1, 0.15) is 11.2 Å². The van der Waals surface area contributed by atoms with Crippen molar-refractivity contribution in [2.45, 2.75) is 0 Å². The Morgan fingerprint density at radius 1 is 0.327 bits per heavy atom. The molecule has 11 rings (SSSR count). The van der Waals surface area contributed by atoms with Gasteiger partial charge in [0.25, 0.3) is 0 Å². The zero-order valence-corrected chi connectivity index (χ0v) is 29.8. The fourth-order valence-corrected chi connectivity index (χ4v) is 8.19. The topological polar surface area (TPSA) is 38.9 Å². The van der Waals surface area contributed by atoms with Gasteiger partial charge in [-0.15, -0.1) is 0 Å². The lowest BCUT2D eigenvalue weighted by molar-refractivity contribution is 0.670. The first-order chi connectivity index (χ1) is 27.2. The quantitative estimate of drug-likeness (QED) is 0.168. The number of para-hydroxylation sites is 2. The van der Waals surface area contributed by atoms with Gasteiger partial charge in [-0.25, -0.2) is 4.98 Å². The van der Waals surface area contributed by atoms with E-state index in [0.717, 1.165) is 77.3 Å². The number of nitrogens with zero attached hydrogens (tertiary/aromatic N) is 2. The summed E-state index contributed by atoms with van der Waals surface area (Å²) in [4.78, 5) is 10.2. The number of hydrogen-bond donors (Lipinski definition) is 0. The molecule has 0 unspecified atom stereocenters. The van der Waals surface area contributed by atoms with Crippen molar-refractivity contribution in [2.75, 3.05) is 0 Å². The Morgan fingerprint density at radius 3 is 1.47 bits per heavy atom. The van der Waals surface area contributed by atoms with Crippen molar-refractivity contribution in [3.63, 3.8) is 0 Å². The minimum absolute atomic E-state index is 0.863. The van der Waals surface area contributed by atoms with E-state index < -0.39 is 0 Å². The second-order valence-electron chi connectivity index (χ2n) is 14.1. The number of benzene rings is 9. The molecule has 256 valence electrons. The van der Waals surface area contributed by atoms with Gasteiger partial charge in [0.2, 0.25) is 0 Å². The molecule has 0 aliphatic rings. The van der Waals surface area contributed by atoms with Gasteiger partial charge in [-0.1, -0.05) is 164 Å². The third-order valence-electron chi connectivity index (χ3n) is 10.9. The summed E-state index contributed by atoms with van der Waals surface area (Å²) >= 11 is 0. The number of aromatic nitrogens is 2. The van der Waals surface area contributed by atoms with E-state index in [9.17, 15) is 0 Å². The van der Waals surface area contributed by atoms with Crippen molar-refractivity contribution in [3.8, 4) is 55.8 Å². The second-order valence-corrected chi connectivity index (χ2v) is 14.1. The van der Waals surface area contributed by atoms with Gasteiger partial charge in [0.05, 0.1) is 22.9 Å². The van der Waals surface area contributed by atoms with Crippen LogP contribution < -0.4 is 0 Å². The van der Waals surface area contributed by atoms with Gasteiger partial charge < -0.3 is 4.42 Å². The van der Waals surface area contributed by atoms with E-state index in [0.29, 0.717) is 0 Å². The molecule has 9 aromatic carbocycles. The molecule has 0 fully saturated rings. The highest BCUT2D eigenvalue weighted by Crippen LogP contribution is 2.38. The van der Waals surface area contributed by atoms with Crippen molar-refractivity contribution in [3.05, 3.63) is 194 Å². The Hall–Kier alpha value is -7.36. The summed E-state index contributed by atoms with van der Waals surface area (Å²) in [5.74, 6) is 0. The molecule has 2 heterocycles. The van der Waals surface area contributed by atoms with E-state index in [-0.39, 0.29) is 0 Å². The molecule has 0 spiro atoms. The molecule has 0 saturated carbocycles. The van der Waals surface area contributed by atoms with Crippen LogP contribution in [-0.4, -0.2) is 9.97 Å². The number of hydrogen-bond acceptors (Lipinski definition) is 3. The first kappa shape index (κ1) is 31.2. The molecular weight excluding hydrogens is 669 g/mol. The predicted octanol–water partition coefficient (Wildman–Crippen LogP) is 14.2. The van der Waals surface area contributed by atoms with E-state index in [1.807, 2.05) is 18.3 Å². The van der Waals surface area contributed by atoms with E-state index in [2.05, 4.69) is 176 Å². The Bertz CT molecular complexity index is 3230. The maximum absolute atomic E-state index is 6.37. The molecule has 0 saturated heterocycles. The molecule has 0 N–H and O–H groups in total. The first-order valence-corrected chi connectivity index (χ1v) is 18.6. The summed E-state index contributed by atoms with van der Waals surface area (Å²) in [6.45, 7) is 0. The van der Waals surface area contributed by atoms with Crippen LogP contribution in [-0.2, 0) is 0 Å². The van der Waals surface area contributed by atoms with Crippen LogP contribution >= 0.6 is 0 Å². The van der Waals surface area contributed by atoms with E-state index >= 15 is 0 Å². The lowest BCUT2D eigenvalue weighted by Crippen LogP contribution is -1.92. The zero-order valence-electron chi connectivity index (χ0n) is 29.8. The molecule has 2 aromatic heterocycles. The van der Waals surface area contributed by atoms with E-state index in [4.69, 9.17) is 14.4 Å². The minimum Gasteiger partial charge on any atom is -0.455 e. The molecule has 0 radical (unpaired) electrons. The fraction of sp³-hybridized carbons (Fsp3) is 0. The summed E-state index contributed by atoms with van der Waals surface area (Å²) < 4.78 is 6.37. The average molecular weight is 701 g/mol. The molecule has 0 amide bonds. The Balaban J connectivity index is 0.901. The summed E-state index contributed by atoms with van der Waals surface area (Å²) in [5, 5.41) is 6.92. The molecule has 55 heavy (non-hydrogen) atoms. The molecule has 0 aliphatic carbocycles. The molecule has 11 aromatic rings. The molecule has 3 heteroatoms. The summed E-state index contributed by atoms with van der Waals surface area (Å²) in [6.07, 6.45) is 1.91. The van der Waals surface area contributed by atoms with E-state index in [1.54, 1.807) is 0 Å². The van der Waals surface area contributed by atoms with Gasteiger partial charge >= 0.3 is 0 Å². The molecular formula is C52H32N2O. The maximum atomic E-state index is 6.37.